The minimum Gasteiger partial charge on any atom is -0.303 e. The average molecular weight is 264 g/mol. The lowest BCUT2D eigenvalue weighted by Gasteiger charge is -2.43. The van der Waals surface area contributed by atoms with E-state index < -0.39 is 0 Å². The summed E-state index contributed by atoms with van der Waals surface area (Å²) in [4.78, 5) is 7.57. The Balaban J connectivity index is 1.72. The van der Waals surface area contributed by atoms with Crippen LogP contribution in [0, 0.1) is 11.3 Å². The first kappa shape index (κ1) is 14.8. The Labute approximate surface area is 118 Å². The van der Waals surface area contributed by atoms with Crippen molar-refractivity contribution in [3.05, 3.63) is 0 Å². The van der Waals surface area contributed by atoms with Gasteiger partial charge in [-0.2, -0.15) is 5.26 Å². The summed E-state index contributed by atoms with van der Waals surface area (Å²) < 4.78 is 0. The molecule has 0 unspecified atom stereocenters. The molecule has 0 aromatic heterocycles. The molecule has 4 nitrogen and oxygen atoms in total. The van der Waals surface area contributed by atoms with Crippen molar-refractivity contribution in [2.45, 2.75) is 45.2 Å². The monoisotopic (exact) mass is 264 g/mol. The van der Waals surface area contributed by atoms with Crippen LogP contribution < -0.4 is 0 Å². The van der Waals surface area contributed by atoms with Gasteiger partial charge < -0.3 is 4.90 Å². The molecule has 0 aromatic rings. The molecule has 108 valence electrons. The second-order valence-corrected chi connectivity index (χ2v) is 5.95. The minimum atomic E-state index is 0.0774. The molecule has 1 atom stereocenters. The van der Waals surface area contributed by atoms with Crippen molar-refractivity contribution >= 4 is 0 Å². The van der Waals surface area contributed by atoms with E-state index in [4.69, 9.17) is 5.26 Å². The molecule has 0 spiro atoms. The van der Waals surface area contributed by atoms with Gasteiger partial charge in [-0.1, -0.05) is 6.92 Å². The zero-order valence-electron chi connectivity index (χ0n) is 12.5. The van der Waals surface area contributed by atoms with E-state index in [-0.39, 0.29) is 6.04 Å². The molecular weight excluding hydrogens is 236 g/mol. The number of hydrogen-bond donors (Lipinski definition) is 0. The third-order valence-corrected chi connectivity index (χ3v) is 4.70. The topological polar surface area (TPSA) is 33.5 Å². The fourth-order valence-electron chi connectivity index (χ4n) is 3.40. The lowest BCUT2D eigenvalue weighted by Crippen LogP contribution is -2.54. The summed E-state index contributed by atoms with van der Waals surface area (Å²) in [5.41, 5.74) is 0. The van der Waals surface area contributed by atoms with Crippen molar-refractivity contribution < 1.29 is 0 Å². The summed E-state index contributed by atoms with van der Waals surface area (Å²) in [7, 11) is 0. The van der Waals surface area contributed by atoms with E-state index in [1.807, 2.05) is 6.92 Å². The van der Waals surface area contributed by atoms with Crippen LogP contribution >= 0.6 is 0 Å². The van der Waals surface area contributed by atoms with Crippen LogP contribution in [0.1, 0.15) is 33.1 Å². The lowest BCUT2D eigenvalue weighted by atomic mass is 10.0. The van der Waals surface area contributed by atoms with Crippen molar-refractivity contribution in [1.29, 1.82) is 5.26 Å². The van der Waals surface area contributed by atoms with E-state index in [0.29, 0.717) is 0 Å². The van der Waals surface area contributed by atoms with Gasteiger partial charge in [-0.3, -0.25) is 9.80 Å². The Hall–Kier alpha value is -0.630. The Kier molecular flexibility index (Phi) is 5.62. The third kappa shape index (κ3) is 3.92. The van der Waals surface area contributed by atoms with Crippen LogP contribution in [-0.2, 0) is 0 Å². The minimum absolute atomic E-state index is 0.0774. The molecule has 0 radical (unpaired) electrons. The molecule has 0 saturated carbocycles. The Morgan fingerprint density at radius 1 is 1.11 bits per heavy atom. The van der Waals surface area contributed by atoms with E-state index in [9.17, 15) is 0 Å². The highest BCUT2D eigenvalue weighted by Crippen LogP contribution is 2.19. The van der Waals surface area contributed by atoms with E-state index in [1.54, 1.807) is 0 Å². The van der Waals surface area contributed by atoms with Crippen molar-refractivity contribution in [1.82, 2.24) is 14.7 Å². The van der Waals surface area contributed by atoms with Crippen LogP contribution in [0.2, 0.25) is 0 Å². The molecule has 4 heteroatoms. The number of likely N-dealkylation sites (tertiary alicyclic amines) is 1. The first-order chi connectivity index (χ1) is 9.24. The highest BCUT2D eigenvalue weighted by molar-refractivity contribution is 4.91. The summed E-state index contributed by atoms with van der Waals surface area (Å²) in [6, 6.07) is 3.21. The number of nitriles is 1. The predicted octanol–water partition coefficient (Wildman–Crippen LogP) is 1.39. The van der Waals surface area contributed by atoms with Gasteiger partial charge in [0.2, 0.25) is 0 Å². The van der Waals surface area contributed by atoms with E-state index in [1.165, 1.54) is 38.9 Å². The van der Waals surface area contributed by atoms with Crippen LogP contribution in [0.3, 0.4) is 0 Å². The molecule has 0 amide bonds. The van der Waals surface area contributed by atoms with Gasteiger partial charge >= 0.3 is 0 Å². The van der Waals surface area contributed by atoms with Gasteiger partial charge in [-0.15, -0.1) is 0 Å². The van der Waals surface area contributed by atoms with E-state index in [2.05, 4.69) is 27.7 Å². The first-order valence-electron chi connectivity index (χ1n) is 7.84. The normalized spacial score (nSPS) is 26.2. The van der Waals surface area contributed by atoms with Gasteiger partial charge in [0.15, 0.2) is 0 Å². The molecule has 0 aliphatic carbocycles. The van der Waals surface area contributed by atoms with Gasteiger partial charge in [0.25, 0.3) is 0 Å². The van der Waals surface area contributed by atoms with Crippen LogP contribution in [0.5, 0.6) is 0 Å². The number of hydrogen-bond acceptors (Lipinski definition) is 4. The first-order valence-corrected chi connectivity index (χ1v) is 7.84. The highest BCUT2D eigenvalue weighted by atomic mass is 15.3. The summed E-state index contributed by atoms with van der Waals surface area (Å²) >= 11 is 0. The number of rotatable bonds is 4. The van der Waals surface area contributed by atoms with Crippen LogP contribution in [-0.4, -0.2) is 72.6 Å². The van der Waals surface area contributed by atoms with Gasteiger partial charge in [0.1, 0.15) is 0 Å². The van der Waals surface area contributed by atoms with Crippen molar-refractivity contribution in [3.63, 3.8) is 0 Å². The number of nitrogens with zero attached hydrogens (tertiary/aromatic N) is 4. The summed E-state index contributed by atoms with van der Waals surface area (Å²) in [6.07, 6.45) is 3.93. The SMILES string of the molecule is CCCN1CCC(N2CCN([C@@H](C)C#N)CC2)CC1. The van der Waals surface area contributed by atoms with E-state index >= 15 is 0 Å². The quantitative estimate of drug-likeness (QED) is 0.768. The second kappa shape index (κ2) is 7.23. The third-order valence-electron chi connectivity index (χ3n) is 4.70. The van der Waals surface area contributed by atoms with Crippen LogP contribution in [0.4, 0.5) is 0 Å². The molecular formula is C15H28N4. The fraction of sp³-hybridized carbons (Fsp3) is 0.933. The fourth-order valence-corrected chi connectivity index (χ4v) is 3.40. The maximum atomic E-state index is 8.97. The standard InChI is InChI=1S/C15H28N4/c1-3-6-17-7-4-15(5-8-17)19-11-9-18(10-12-19)14(2)13-16/h14-15H,3-12H2,1-2H3/t14-/m0/s1. The van der Waals surface area contributed by atoms with Crippen LogP contribution in [0.25, 0.3) is 0 Å². The van der Waals surface area contributed by atoms with Crippen molar-refractivity contribution in [3.8, 4) is 6.07 Å². The maximum Gasteiger partial charge on any atom is 0.0950 e. The molecule has 2 saturated heterocycles. The average Bonchev–Trinajstić information content (AvgIpc) is 2.48. The zero-order chi connectivity index (χ0) is 13.7. The molecule has 0 bridgehead atoms. The van der Waals surface area contributed by atoms with Gasteiger partial charge in [0.05, 0.1) is 12.1 Å². The lowest BCUT2D eigenvalue weighted by molar-refractivity contribution is 0.0534. The molecule has 2 fully saturated rings. The smallest absolute Gasteiger partial charge is 0.0950 e. The van der Waals surface area contributed by atoms with Crippen molar-refractivity contribution in [2.75, 3.05) is 45.8 Å². The largest absolute Gasteiger partial charge is 0.303 e. The van der Waals surface area contributed by atoms with Gasteiger partial charge in [0, 0.05) is 32.2 Å². The van der Waals surface area contributed by atoms with E-state index in [0.717, 1.165) is 32.2 Å². The van der Waals surface area contributed by atoms with Crippen molar-refractivity contribution in [2.24, 2.45) is 0 Å². The molecule has 0 N–H and O–H groups in total. The molecule has 2 aliphatic heterocycles. The zero-order valence-corrected chi connectivity index (χ0v) is 12.5. The highest BCUT2D eigenvalue weighted by Gasteiger charge is 2.28. The molecule has 2 rings (SSSR count). The Morgan fingerprint density at radius 2 is 1.74 bits per heavy atom. The Bertz CT molecular complexity index is 296. The molecule has 2 heterocycles. The second-order valence-electron chi connectivity index (χ2n) is 5.95. The van der Waals surface area contributed by atoms with Crippen LogP contribution in [0.15, 0.2) is 0 Å². The Morgan fingerprint density at radius 3 is 2.26 bits per heavy atom. The summed E-state index contributed by atoms with van der Waals surface area (Å²) in [6.45, 7) is 12.5. The summed E-state index contributed by atoms with van der Waals surface area (Å²) in [5.74, 6) is 0. The maximum absolute atomic E-state index is 8.97. The van der Waals surface area contributed by atoms with Gasteiger partial charge in [-0.25, -0.2) is 0 Å². The molecule has 19 heavy (non-hydrogen) atoms. The molecule has 2 aliphatic rings. The molecule has 0 aromatic carbocycles. The number of piperidine rings is 1. The number of piperazine rings is 1. The van der Waals surface area contributed by atoms with Gasteiger partial charge in [-0.05, 0) is 45.8 Å². The summed E-state index contributed by atoms with van der Waals surface area (Å²) in [5, 5.41) is 8.97. The predicted molar refractivity (Wildman–Crippen MR) is 78.0 cm³/mol.